The zero-order chi connectivity index (χ0) is 15.8. The van der Waals surface area contributed by atoms with Crippen molar-refractivity contribution in [3.63, 3.8) is 0 Å². The fourth-order valence-electron chi connectivity index (χ4n) is 1.60. The second-order valence-corrected chi connectivity index (χ2v) is 8.66. The molecule has 0 aliphatic heterocycles. The van der Waals surface area contributed by atoms with E-state index in [-0.39, 0.29) is 4.90 Å². The summed E-state index contributed by atoms with van der Waals surface area (Å²) in [6.07, 6.45) is 0. The average molecular weight is 519 g/mol. The zero-order valence-corrected chi connectivity index (χ0v) is 16.5. The number of hydrogen-bond donors (Lipinski definition) is 2. The first-order chi connectivity index (χ1) is 9.70. The van der Waals surface area contributed by atoms with Crippen molar-refractivity contribution in [2.45, 2.75) is 4.90 Å². The van der Waals surface area contributed by atoms with Gasteiger partial charge < -0.3 is 5.73 Å². The van der Waals surface area contributed by atoms with Crippen LogP contribution in [0.4, 0.5) is 11.4 Å². The van der Waals surface area contributed by atoms with Crippen molar-refractivity contribution in [2.75, 3.05) is 10.5 Å². The van der Waals surface area contributed by atoms with Crippen LogP contribution in [0.1, 0.15) is 0 Å². The molecule has 3 N–H and O–H groups in total. The number of nitrogens with one attached hydrogen (secondary N) is 1. The summed E-state index contributed by atoms with van der Waals surface area (Å²) in [5.41, 5.74) is 6.50. The molecule has 0 heterocycles. The maximum Gasteiger partial charge on any atom is 0.264 e. The van der Waals surface area contributed by atoms with Crippen LogP contribution >= 0.6 is 59.4 Å². The summed E-state index contributed by atoms with van der Waals surface area (Å²) in [6.45, 7) is 0. The topological polar surface area (TPSA) is 72.2 Å². The van der Waals surface area contributed by atoms with Crippen LogP contribution in [0.2, 0.25) is 5.02 Å². The Morgan fingerprint density at radius 1 is 1.00 bits per heavy atom. The quantitative estimate of drug-likeness (QED) is 0.561. The van der Waals surface area contributed by atoms with Gasteiger partial charge in [0.15, 0.2) is 0 Å². The van der Waals surface area contributed by atoms with Crippen LogP contribution in [-0.4, -0.2) is 8.42 Å². The van der Waals surface area contributed by atoms with Crippen molar-refractivity contribution in [1.82, 2.24) is 0 Å². The predicted octanol–water partition coefficient (Wildman–Crippen LogP) is 5.01. The van der Waals surface area contributed by atoms with Crippen LogP contribution in [-0.2, 0) is 10.0 Å². The molecule has 0 aliphatic rings. The largest absolute Gasteiger partial charge is 0.399 e. The molecule has 0 aliphatic carbocycles. The van der Waals surface area contributed by atoms with Crippen molar-refractivity contribution >= 4 is 80.8 Å². The molecule has 0 unspecified atom stereocenters. The Morgan fingerprint density at radius 3 is 2.10 bits per heavy atom. The molecule has 4 nitrogen and oxygen atoms in total. The van der Waals surface area contributed by atoms with Crippen LogP contribution in [0.5, 0.6) is 0 Å². The Labute approximate surface area is 152 Å². The summed E-state index contributed by atoms with van der Waals surface area (Å²) in [5, 5.41) is 0.500. The molecule has 0 bridgehead atoms. The Kier molecular flexibility index (Phi) is 5.25. The lowest BCUT2D eigenvalue weighted by atomic mass is 10.3. The van der Waals surface area contributed by atoms with Crippen LogP contribution in [0, 0.1) is 0 Å². The SMILES string of the molecule is Nc1cc(Br)c(S(=O)(=O)Nc2ccc(Cl)cc2Br)c(Br)c1. The van der Waals surface area contributed by atoms with Gasteiger partial charge in [-0.2, -0.15) is 0 Å². The molecule has 9 heteroatoms. The number of sulfonamides is 1. The van der Waals surface area contributed by atoms with E-state index in [1.165, 1.54) is 12.1 Å². The molecule has 2 rings (SSSR count). The van der Waals surface area contributed by atoms with E-state index >= 15 is 0 Å². The number of hydrogen-bond acceptors (Lipinski definition) is 3. The number of benzene rings is 2. The van der Waals surface area contributed by atoms with E-state index in [0.717, 1.165) is 0 Å². The van der Waals surface area contributed by atoms with E-state index in [1.54, 1.807) is 18.2 Å². The molecule has 0 amide bonds. The van der Waals surface area contributed by atoms with Gasteiger partial charge in [-0.05, 0) is 78.1 Å². The fraction of sp³-hybridized carbons (Fsp3) is 0. The van der Waals surface area contributed by atoms with Gasteiger partial charge in [0.25, 0.3) is 10.0 Å². The third-order valence-electron chi connectivity index (χ3n) is 2.46. The number of anilines is 2. The van der Waals surface area contributed by atoms with E-state index in [0.29, 0.717) is 29.8 Å². The van der Waals surface area contributed by atoms with E-state index in [4.69, 9.17) is 17.3 Å². The lowest BCUT2D eigenvalue weighted by Crippen LogP contribution is -2.15. The average Bonchev–Trinajstić information content (AvgIpc) is 2.30. The number of nitrogens with two attached hydrogens (primary N) is 1. The molecule has 0 spiro atoms. The van der Waals surface area contributed by atoms with Crippen molar-refractivity contribution in [3.8, 4) is 0 Å². The molecule has 0 fully saturated rings. The summed E-state index contributed by atoms with van der Waals surface area (Å²) in [6, 6.07) is 7.82. The molecule has 0 aromatic heterocycles. The molecule has 2 aromatic rings. The Bertz CT molecular complexity index is 789. The maximum absolute atomic E-state index is 12.5. The summed E-state index contributed by atoms with van der Waals surface area (Å²) >= 11 is 15.5. The second kappa shape index (κ2) is 6.45. The fourth-order valence-corrected chi connectivity index (χ4v) is 6.22. The summed E-state index contributed by atoms with van der Waals surface area (Å²) in [5.74, 6) is 0. The molecule has 2 aromatic carbocycles. The summed E-state index contributed by atoms with van der Waals surface area (Å²) in [7, 11) is -3.80. The third-order valence-corrected chi connectivity index (χ3v) is 6.60. The smallest absolute Gasteiger partial charge is 0.264 e. The van der Waals surface area contributed by atoms with Gasteiger partial charge in [-0.3, -0.25) is 4.72 Å². The van der Waals surface area contributed by atoms with Crippen LogP contribution in [0.25, 0.3) is 0 Å². The third kappa shape index (κ3) is 3.92. The van der Waals surface area contributed by atoms with Gasteiger partial charge in [-0.25, -0.2) is 8.42 Å². The first kappa shape index (κ1) is 17.1. The zero-order valence-electron chi connectivity index (χ0n) is 10.2. The van der Waals surface area contributed by atoms with E-state index in [2.05, 4.69) is 52.5 Å². The van der Waals surface area contributed by atoms with Gasteiger partial charge in [0.2, 0.25) is 0 Å². The highest BCUT2D eigenvalue weighted by Crippen LogP contribution is 2.35. The Balaban J connectivity index is 2.48. The highest BCUT2D eigenvalue weighted by atomic mass is 79.9. The van der Waals surface area contributed by atoms with Gasteiger partial charge in [0, 0.05) is 24.1 Å². The molecule has 0 atom stereocenters. The van der Waals surface area contributed by atoms with Gasteiger partial charge in [0.1, 0.15) is 4.90 Å². The lowest BCUT2D eigenvalue weighted by Gasteiger charge is -2.13. The van der Waals surface area contributed by atoms with Crippen LogP contribution in [0.3, 0.4) is 0 Å². The van der Waals surface area contributed by atoms with Gasteiger partial charge in [-0.1, -0.05) is 11.6 Å². The second-order valence-electron chi connectivity index (χ2n) is 4.04. The molecular weight excluding hydrogens is 511 g/mol. The molecule has 0 radical (unpaired) electrons. The lowest BCUT2D eigenvalue weighted by molar-refractivity contribution is 0.600. The number of nitrogen functional groups attached to an aromatic ring is 1. The van der Waals surface area contributed by atoms with Crippen LogP contribution in [0.15, 0.2) is 48.6 Å². The van der Waals surface area contributed by atoms with Crippen molar-refractivity contribution in [3.05, 3.63) is 48.8 Å². The Hall–Kier alpha value is -0.280. The molecule has 0 saturated heterocycles. The highest BCUT2D eigenvalue weighted by Gasteiger charge is 2.22. The standard InChI is InChI=1S/C12H8Br3ClN2O2S/c13-8-3-6(16)1-2-11(8)18-21(19,20)12-9(14)4-7(17)5-10(12)15/h1-5,18H,17H2. The number of halogens is 4. The summed E-state index contributed by atoms with van der Waals surface area (Å²) < 4.78 is 28.8. The maximum atomic E-state index is 12.5. The van der Waals surface area contributed by atoms with Gasteiger partial charge in [-0.15, -0.1) is 0 Å². The van der Waals surface area contributed by atoms with E-state index in [1.807, 2.05) is 0 Å². The molecular formula is C12H8Br3ClN2O2S. The van der Waals surface area contributed by atoms with Gasteiger partial charge in [0.05, 0.1) is 5.69 Å². The van der Waals surface area contributed by atoms with Crippen molar-refractivity contribution < 1.29 is 8.42 Å². The normalized spacial score (nSPS) is 11.4. The van der Waals surface area contributed by atoms with Crippen LogP contribution < -0.4 is 10.5 Å². The molecule has 112 valence electrons. The van der Waals surface area contributed by atoms with E-state index < -0.39 is 10.0 Å². The van der Waals surface area contributed by atoms with Crippen molar-refractivity contribution in [2.24, 2.45) is 0 Å². The first-order valence-corrected chi connectivity index (χ1v) is 9.67. The summed E-state index contributed by atoms with van der Waals surface area (Å²) in [4.78, 5) is 0.0681. The highest BCUT2D eigenvalue weighted by molar-refractivity contribution is 9.11. The predicted molar refractivity (Wildman–Crippen MR) is 96.2 cm³/mol. The van der Waals surface area contributed by atoms with Crippen molar-refractivity contribution in [1.29, 1.82) is 0 Å². The number of rotatable bonds is 3. The van der Waals surface area contributed by atoms with E-state index in [9.17, 15) is 8.42 Å². The minimum atomic E-state index is -3.80. The first-order valence-electron chi connectivity index (χ1n) is 5.43. The minimum absolute atomic E-state index is 0.0681. The molecule has 21 heavy (non-hydrogen) atoms. The molecule has 0 saturated carbocycles. The minimum Gasteiger partial charge on any atom is -0.399 e. The monoisotopic (exact) mass is 516 g/mol. The van der Waals surface area contributed by atoms with Gasteiger partial charge >= 0.3 is 0 Å². The Morgan fingerprint density at radius 2 is 1.57 bits per heavy atom.